The molecule has 2 nitrogen and oxygen atoms in total. The zero-order valence-electron chi connectivity index (χ0n) is 32.2. The fraction of sp³-hybridized carbons (Fsp3) is 0.0175. The van der Waals surface area contributed by atoms with Gasteiger partial charge in [0, 0.05) is 38.8 Å². The van der Waals surface area contributed by atoms with Crippen LogP contribution in [0.25, 0.3) is 98.8 Å². The summed E-state index contributed by atoms with van der Waals surface area (Å²) >= 11 is 0. The predicted molar refractivity (Wildman–Crippen MR) is 248 cm³/mol. The van der Waals surface area contributed by atoms with Crippen molar-refractivity contribution in [3.05, 3.63) is 229 Å². The van der Waals surface area contributed by atoms with E-state index < -0.39 is 0 Å². The zero-order chi connectivity index (χ0) is 38.6. The predicted octanol–water partition coefficient (Wildman–Crippen LogP) is 15.0. The third-order valence-electron chi connectivity index (χ3n) is 12.9. The summed E-state index contributed by atoms with van der Waals surface area (Å²) in [7, 11) is 0. The van der Waals surface area contributed by atoms with Gasteiger partial charge in [-0.1, -0.05) is 152 Å². The molecule has 2 heterocycles. The Morgan fingerprint density at radius 1 is 0.288 bits per heavy atom. The number of rotatable bonds is 4. The smallest absolute Gasteiger partial charge is 0.0562 e. The van der Waals surface area contributed by atoms with E-state index in [1.54, 1.807) is 0 Å². The van der Waals surface area contributed by atoms with Crippen LogP contribution in [-0.4, -0.2) is 9.13 Å². The summed E-state index contributed by atoms with van der Waals surface area (Å²) in [4.78, 5) is 0. The minimum absolute atomic E-state index is 0.197. The van der Waals surface area contributed by atoms with Crippen LogP contribution in [0.1, 0.15) is 22.6 Å². The van der Waals surface area contributed by atoms with E-state index >= 15 is 0 Å². The summed E-state index contributed by atoms with van der Waals surface area (Å²) in [6.07, 6.45) is 0. The second-order valence-corrected chi connectivity index (χ2v) is 16.1. The lowest BCUT2D eigenvalue weighted by Crippen LogP contribution is -1.99. The number of fused-ring (bicyclic) bond motifs is 11. The first-order valence-electron chi connectivity index (χ1n) is 20.5. The number of hydrogen-bond donors (Lipinski definition) is 0. The quantitative estimate of drug-likeness (QED) is 0.170. The van der Waals surface area contributed by atoms with Crippen molar-refractivity contribution < 1.29 is 0 Å². The zero-order valence-corrected chi connectivity index (χ0v) is 32.2. The highest BCUT2D eigenvalue weighted by Gasteiger charge is 2.30. The molecule has 0 radical (unpaired) electrons. The van der Waals surface area contributed by atoms with Crippen molar-refractivity contribution in [2.75, 3.05) is 0 Å². The highest BCUT2D eigenvalue weighted by Crippen LogP contribution is 2.50. The second kappa shape index (κ2) is 12.4. The van der Waals surface area contributed by atoms with Gasteiger partial charge in [0.1, 0.15) is 0 Å². The first kappa shape index (κ1) is 32.4. The number of hydrogen-bond acceptors (Lipinski definition) is 0. The number of aromatic nitrogens is 2. The lowest BCUT2D eigenvalue weighted by molar-refractivity contribution is 1.02. The van der Waals surface area contributed by atoms with Crippen molar-refractivity contribution >= 4 is 65.2 Å². The maximum atomic E-state index is 2.47. The molecule has 2 heteroatoms. The summed E-state index contributed by atoms with van der Waals surface area (Å²) in [6.45, 7) is 0. The van der Waals surface area contributed by atoms with E-state index in [2.05, 4.69) is 221 Å². The maximum absolute atomic E-state index is 2.47. The molecule has 1 aliphatic rings. The Hall–Kier alpha value is -7.68. The molecule has 1 aliphatic carbocycles. The van der Waals surface area contributed by atoms with Crippen LogP contribution in [0.5, 0.6) is 0 Å². The molecular weight excluding hydrogens is 713 g/mol. The van der Waals surface area contributed by atoms with Crippen LogP contribution in [0, 0.1) is 0 Å². The van der Waals surface area contributed by atoms with E-state index in [4.69, 9.17) is 0 Å². The number of nitrogens with zero attached hydrogens (tertiary/aromatic N) is 2. The van der Waals surface area contributed by atoms with Gasteiger partial charge in [0.2, 0.25) is 0 Å². The van der Waals surface area contributed by atoms with Gasteiger partial charge in [-0.15, -0.1) is 0 Å². The molecule has 0 amide bonds. The Kier molecular flexibility index (Phi) is 6.82. The Morgan fingerprint density at radius 3 is 1.73 bits per heavy atom. The third-order valence-corrected chi connectivity index (χ3v) is 12.9. The summed E-state index contributed by atoms with van der Waals surface area (Å²) < 4.78 is 4.89. The van der Waals surface area contributed by atoms with Gasteiger partial charge in [0.05, 0.1) is 22.1 Å². The van der Waals surface area contributed by atoms with Gasteiger partial charge in [-0.2, -0.15) is 0 Å². The standard InChI is InChI=1S/C57H36N2/c1-2-16-43(17-3-1)58-53-21-11-10-19-46(53)51-34-52-50-33-41(26-29-54(50)59(56(52)35-55(51)58)44-27-24-37-13-5-7-15-39(37)31-44)40-25-28-48-49(32-40)45-18-8-9-20-47(45)57(48)42-23-22-36-12-4-6-14-38(36)30-42/h1-35,57H. The highest BCUT2D eigenvalue weighted by molar-refractivity contribution is 6.19. The minimum atomic E-state index is 0.197. The molecule has 59 heavy (non-hydrogen) atoms. The van der Waals surface area contributed by atoms with Gasteiger partial charge in [-0.25, -0.2) is 0 Å². The first-order valence-corrected chi connectivity index (χ1v) is 20.5. The third kappa shape index (κ3) is 4.81. The normalized spacial score (nSPS) is 13.6. The fourth-order valence-electron chi connectivity index (χ4n) is 10.2. The molecule has 1 unspecified atom stereocenters. The van der Waals surface area contributed by atoms with E-state index in [0.29, 0.717) is 0 Å². The monoisotopic (exact) mass is 748 g/mol. The molecule has 10 aromatic carbocycles. The fourth-order valence-corrected chi connectivity index (χ4v) is 10.2. The largest absolute Gasteiger partial charge is 0.309 e. The molecule has 0 fully saturated rings. The molecule has 0 aliphatic heterocycles. The average Bonchev–Trinajstić information content (AvgIpc) is 3.93. The molecule has 0 saturated carbocycles. The van der Waals surface area contributed by atoms with Crippen LogP contribution in [0.4, 0.5) is 0 Å². The molecule has 2 aromatic heterocycles. The van der Waals surface area contributed by atoms with Crippen LogP contribution in [-0.2, 0) is 0 Å². The second-order valence-electron chi connectivity index (χ2n) is 16.1. The topological polar surface area (TPSA) is 9.86 Å². The molecule has 12 aromatic rings. The Balaban J connectivity index is 1.04. The molecule has 0 N–H and O–H groups in total. The van der Waals surface area contributed by atoms with Crippen molar-refractivity contribution in [1.29, 1.82) is 0 Å². The van der Waals surface area contributed by atoms with E-state index in [1.165, 1.54) is 104 Å². The molecule has 0 bridgehead atoms. The summed E-state index contributed by atoms with van der Waals surface area (Å²) in [5, 5.41) is 10.1. The Bertz CT molecular complexity index is 3680. The van der Waals surface area contributed by atoms with Gasteiger partial charge in [0.25, 0.3) is 0 Å². The molecule has 13 rings (SSSR count). The number of benzene rings is 10. The molecule has 0 spiro atoms. The Labute approximate surface area is 341 Å². The summed E-state index contributed by atoms with van der Waals surface area (Å²) in [5.74, 6) is 0.197. The Morgan fingerprint density at radius 2 is 0.881 bits per heavy atom. The van der Waals surface area contributed by atoms with Crippen LogP contribution in [0.2, 0.25) is 0 Å². The van der Waals surface area contributed by atoms with Gasteiger partial charge in [-0.05, 0) is 121 Å². The van der Waals surface area contributed by atoms with Crippen LogP contribution in [0.3, 0.4) is 0 Å². The van der Waals surface area contributed by atoms with E-state index in [1.807, 2.05) is 0 Å². The van der Waals surface area contributed by atoms with Gasteiger partial charge in [-0.3, -0.25) is 0 Å². The van der Waals surface area contributed by atoms with Crippen LogP contribution >= 0.6 is 0 Å². The van der Waals surface area contributed by atoms with Crippen molar-refractivity contribution in [1.82, 2.24) is 9.13 Å². The molecule has 1 atom stereocenters. The molecular formula is C57H36N2. The van der Waals surface area contributed by atoms with Crippen LogP contribution < -0.4 is 0 Å². The SMILES string of the molecule is c1ccc(-n2c3ccccc3c3cc4c5cc(-c6ccc7c(c6)-c6ccccc6C7c6ccc7ccccc7c6)ccc5n(-c5ccc6ccccc6c5)c4cc32)cc1. The molecule has 0 saturated heterocycles. The van der Waals surface area contributed by atoms with Gasteiger partial charge < -0.3 is 9.13 Å². The lowest BCUT2D eigenvalue weighted by Gasteiger charge is -2.16. The summed E-state index contributed by atoms with van der Waals surface area (Å²) in [5.41, 5.74) is 16.3. The maximum Gasteiger partial charge on any atom is 0.0562 e. The minimum Gasteiger partial charge on any atom is -0.309 e. The number of para-hydroxylation sites is 2. The van der Waals surface area contributed by atoms with Crippen molar-refractivity contribution in [2.24, 2.45) is 0 Å². The van der Waals surface area contributed by atoms with Crippen molar-refractivity contribution in [3.63, 3.8) is 0 Å². The van der Waals surface area contributed by atoms with E-state index in [-0.39, 0.29) is 5.92 Å². The van der Waals surface area contributed by atoms with Crippen molar-refractivity contribution in [2.45, 2.75) is 5.92 Å². The van der Waals surface area contributed by atoms with Gasteiger partial charge in [0.15, 0.2) is 0 Å². The van der Waals surface area contributed by atoms with Crippen molar-refractivity contribution in [3.8, 4) is 33.6 Å². The first-order chi connectivity index (χ1) is 29.2. The van der Waals surface area contributed by atoms with Gasteiger partial charge >= 0.3 is 0 Å². The molecule has 274 valence electrons. The van der Waals surface area contributed by atoms with E-state index in [0.717, 1.165) is 11.4 Å². The van der Waals surface area contributed by atoms with Crippen LogP contribution in [0.15, 0.2) is 212 Å². The average molecular weight is 749 g/mol. The van der Waals surface area contributed by atoms with E-state index in [9.17, 15) is 0 Å². The lowest BCUT2D eigenvalue weighted by atomic mass is 9.87. The highest BCUT2D eigenvalue weighted by atomic mass is 15.0. The summed E-state index contributed by atoms with van der Waals surface area (Å²) in [6, 6.07) is 78.9.